The molecule has 1 unspecified atom stereocenters. The number of aryl methyl sites for hydroxylation is 2. The Kier molecular flexibility index (Phi) is 6.20. The minimum atomic E-state index is 0.465. The van der Waals surface area contributed by atoms with Crippen LogP contribution >= 0.6 is 0 Å². The van der Waals surface area contributed by atoms with Gasteiger partial charge in [-0.15, -0.1) is 0 Å². The van der Waals surface area contributed by atoms with Gasteiger partial charge in [0.25, 0.3) is 0 Å². The van der Waals surface area contributed by atoms with Crippen LogP contribution in [0, 0.1) is 0 Å². The number of guanidine groups is 1. The average Bonchev–Trinajstić information content (AvgIpc) is 2.97. The molecule has 0 aliphatic rings. The summed E-state index contributed by atoms with van der Waals surface area (Å²) in [5.41, 5.74) is 9.50. The number of rotatable bonds is 7. The molecule has 0 spiro atoms. The molecule has 23 heavy (non-hydrogen) atoms. The van der Waals surface area contributed by atoms with Gasteiger partial charge >= 0.3 is 0 Å². The molecule has 2 rings (SSSR count). The number of hydrogen-bond donors (Lipinski definition) is 2. The third-order valence-corrected chi connectivity index (χ3v) is 4.03. The maximum atomic E-state index is 5.94. The van der Waals surface area contributed by atoms with Crippen molar-refractivity contribution in [2.24, 2.45) is 17.8 Å². The summed E-state index contributed by atoms with van der Waals surface area (Å²) in [5.74, 6) is 1.05. The molecule has 0 aliphatic carbocycles. The van der Waals surface area contributed by atoms with Gasteiger partial charge in [-0.05, 0) is 48.4 Å². The van der Waals surface area contributed by atoms with Crippen molar-refractivity contribution in [2.45, 2.75) is 39.0 Å². The lowest BCUT2D eigenvalue weighted by molar-refractivity contribution is 0.734. The van der Waals surface area contributed by atoms with E-state index in [9.17, 15) is 0 Å². The van der Waals surface area contributed by atoms with Crippen LogP contribution in [0.3, 0.4) is 0 Å². The van der Waals surface area contributed by atoms with Crippen LogP contribution in [0.15, 0.2) is 41.7 Å². The fraction of sp³-hybridized carbons (Fsp3) is 0.444. The second-order valence-electron chi connectivity index (χ2n) is 5.95. The van der Waals surface area contributed by atoms with E-state index in [4.69, 9.17) is 5.73 Å². The van der Waals surface area contributed by atoms with Gasteiger partial charge in [-0.1, -0.05) is 26.0 Å². The fourth-order valence-electron chi connectivity index (χ4n) is 2.40. The summed E-state index contributed by atoms with van der Waals surface area (Å²) in [7, 11) is 1.93. The van der Waals surface area contributed by atoms with Crippen LogP contribution in [0.25, 0.3) is 0 Å². The third-order valence-electron chi connectivity index (χ3n) is 4.03. The molecule has 1 aromatic heterocycles. The Morgan fingerprint density at radius 2 is 2.09 bits per heavy atom. The molecule has 2 aromatic rings. The van der Waals surface area contributed by atoms with E-state index in [0.717, 1.165) is 24.9 Å². The van der Waals surface area contributed by atoms with E-state index in [1.807, 2.05) is 24.1 Å². The minimum Gasteiger partial charge on any atom is -0.370 e. The Hall–Kier alpha value is -2.30. The standard InChI is InChI=1S/C18H27N5/c1-4-14(2)16-7-9-17(10-8-16)22-18(19)20-11-5-6-15-12-21-23(3)13-15/h7-10,12-14H,4-6,11H2,1-3H3,(H3,19,20,22). The van der Waals surface area contributed by atoms with Crippen molar-refractivity contribution in [1.82, 2.24) is 9.78 Å². The summed E-state index contributed by atoms with van der Waals surface area (Å²) >= 11 is 0. The van der Waals surface area contributed by atoms with E-state index < -0.39 is 0 Å². The van der Waals surface area contributed by atoms with Crippen LogP contribution in [-0.2, 0) is 13.5 Å². The predicted octanol–water partition coefficient (Wildman–Crippen LogP) is 3.29. The monoisotopic (exact) mass is 313 g/mol. The average molecular weight is 313 g/mol. The molecule has 0 aliphatic heterocycles. The second kappa shape index (κ2) is 8.36. The van der Waals surface area contributed by atoms with Crippen molar-refractivity contribution >= 4 is 11.6 Å². The number of nitrogens with one attached hydrogen (secondary N) is 1. The normalized spacial score (nSPS) is 13.1. The van der Waals surface area contributed by atoms with E-state index in [1.165, 1.54) is 11.1 Å². The van der Waals surface area contributed by atoms with E-state index in [-0.39, 0.29) is 0 Å². The van der Waals surface area contributed by atoms with Crippen LogP contribution < -0.4 is 11.1 Å². The number of nitrogens with two attached hydrogens (primary N) is 1. The van der Waals surface area contributed by atoms with E-state index >= 15 is 0 Å². The first-order chi connectivity index (χ1) is 11.1. The van der Waals surface area contributed by atoms with Gasteiger partial charge in [-0.25, -0.2) is 0 Å². The topological polar surface area (TPSA) is 68.2 Å². The molecule has 1 heterocycles. The van der Waals surface area contributed by atoms with E-state index in [2.05, 4.69) is 53.5 Å². The molecular formula is C18H27N5. The Bertz CT molecular complexity index is 627. The molecule has 0 radical (unpaired) electrons. The maximum Gasteiger partial charge on any atom is 0.193 e. The largest absolute Gasteiger partial charge is 0.370 e. The van der Waals surface area contributed by atoms with Crippen molar-refractivity contribution < 1.29 is 0 Å². The molecule has 5 heteroatoms. The minimum absolute atomic E-state index is 0.465. The second-order valence-corrected chi connectivity index (χ2v) is 5.95. The zero-order chi connectivity index (χ0) is 16.7. The quantitative estimate of drug-likeness (QED) is 0.468. The Morgan fingerprint density at radius 1 is 1.35 bits per heavy atom. The zero-order valence-electron chi connectivity index (χ0n) is 14.3. The molecule has 124 valence electrons. The molecule has 5 nitrogen and oxygen atoms in total. The van der Waals surface area contributed by atoms with Crippen LogP contribution in [0.1, 0.15) is 43.7 Å². The highest BCUT2D eigenvalue weighted by Gasteiger charge is 2.02. The lowest BCUT2D eigenvalue weighted by Crippen LogP contribution is -2.22. The summed E-state index contributed by atoms with van der Waals surface area (Å²) in [6.07, 6.45) is 7.00. The van der Waals surface area contributed by atoms with E-state index in [1.54, 1.807) is 0 Å². The summed E-state index contributed by atoms with van der Waals surface area (Å²) < 4.78 is 1.82. The highest BCUT2D eigenvalue weighted by molar-refractivity contribution is 5.92. The molecule has 3 N–H and O–H groups in total. The number of aliphatic imine (C=N–C) groups is 1. The van der Waals surface area contributed by atoms with Crippen LogP contribution in [-0.4, -0.2) is 22.3 Å². The Labute approximate surface area is 138 Å². The number of benzene rings is 1. The van der Waals surface area contributed by atoms with Gasteiger partial charge in [-0.2, -0.15) is 5.10 Å². The molecule has 0 saturated carbocycles. The summed E-state index contributed by atoms with van der Waals surface area (Å²) in [6, 6.07) is 8.40. The SMILES string of the molecule is CCC(C)c1ccc(NC(N)=NCCCc2cnn(C)c2)cc1. The highest BCUT2D eigenvalue weighted by atomic mass is 15.2. The summed E-state index contributed by atoms with van der Waals surface area (Å²) in [4.78, 5) is 4.37. The van der Waals surface area contributed by atoms with Gasteiger partial charge in [-0.3, -0.25) is 9.67 Å². The third kappa shape index (κ3) is 5.43. The van der Waals surface area contributed by atoms with Gasteiger partial charge in [0, 0.05) is 25.5 Å². The number of hydrogen-bond acceptors (Lipinski definition) is 2. The maximum absolute atomic E-state index is 5.94. The smallest absolute Gasteiger partial charge is 0.193 e. The first-order valence-corrected chi connectivity index (χ1v) is 8.23. The van der Waals surface area contributed by atoms with Crippen LogP contribution in [0.5, 0.6) is 0 Å². The van der Waals surface area contributed by atoms with Crippen LogP contribution in [0.2, 0.25) is 0 Å². The van der Waals surface area contributed by atoms with Crippen LogP contribution in [0.4, 0.5) is 5.69 Å². The number of aromatic nitrogens is 2. The highest BCUT2D eigenvalue weighted by Crippen LogP contribution is 2.20. The lowest BCUT2D eigenvalue weighted by atomic mass is 9.99. The van der Waals surface area contributed by atoms with Crippen molar-refractivity contribution in [3.8, 4) is 0 Å². The molecule has 0 bridgehead atoms. The Balaban J connectivity index is 1.77. The molecule has 1 aromatic carbocycles. The molecule has 0 saturated heterocycles. The molecular weight excluding hydrogens is 286 g/mol. The summed E-state index contributed by atoms with van der Waals surface area (Å²) in [5, 5.41) is 7.30. The van der Waals surface area contributed by atoms with Crippen molar-refractivity contribution in [3.63, 3.8) is 0 Å². The van der Waals surface area contributed by atoms with Gasteiger partial charge < -0.3 is 11.1 Å². The number of anilines is 1. The first-order valence-electron chi connectivity index (χ1n) is 8.23. The van der Waals surface area contributed by atoms with Gasteiger partial charge in [0.1, 0.15) is 0 Å². The van der Waals surface area contributed by atoms with E-state index in [0.29, 0.717) is 18.4 Å². The number of nitrogens with zero attached hydrogens (tertiary/aromatic N) is 3. The van der Waals surface area contributed by atoms with Crippen molar-refractivity contribution in [2.75, 3.05) is 11.9 Å². The zero-order valence-corrected chi connectivity index (χ0v) is 14.3. The lowest BCUT2D eigenvalue weighted by Gasteiger charge is -2.10. The van der Waals surface area contributed by atoms with Gasteiger partial charge in [0.05, 0.1) is 6.20 Å². The molecule has 1 atom stereocenters. The van der Waals surface area contributed by atoms with Crippen molar-refractivity contribution in [3.05, 3.63) is 47.8 Å². The fourth-order valence-corrected chi connectivity index (χ4v) is 2.40. The Morgan fingerprint density at radius 3 is 2.70 bits per heavy atom. The van der Waals surface area contributed by atoms with Gasteiger partial charge in [0.2, 0.25) is 0 Å². The predicted molar refractivity (Wildman–Crippen MR) is 96.8 cm³/mol. The molecule has 0 fully saturated rings. The van der Waals surface area contributed by atoms with Crippen molar-refractivity contribution in [1.29, 1.82) is 0 Å². The van der Waals surface area contributed by atoms with Gasteiger partial charge in [0.15, 0.2) is 5.96 Å². The molecule has 0 amide bonds. The summed E-state index contributed by atoms with van der Waals surface area (Å²) in [6.45, 7) is 5.15. The first kappa shape index (κ1) is 17.1.